The lowest BCUT2D eigenvalue weighted by Gasteiger charge is -2.16. The average molecular weight is 435 g/mol. The van der Waals surface area contributed by atoms with E-state index in [1.165, 1.54) is 23.8 Å². The van der Waals surface area contributed by atoms with Crippen molar-refractivity contribution in [1.82, 2.24) is 15.2 Å². The van der Waals surface area contributed by atoms with E-state index >= 15 is 0 Å². The van der Waals surface area contributed by atoms with Crippen molar-refractivity contribution in [3.63, 3.8) is 0 Å². The summed E-state index contributed by atoms with van der Waals surface area (Å²) in [6.07, 6.45) is -4.45. The standard InChI is InChI=1S/C21H20F3N3O2S/c1-27(11-15-7-8-30-13-15)12-17-5-6-18(20(29)26-17)19(28)25-10-14-3-2-4-16(9-14)21(22,23)24/h2-9,13H,10-12H2,1H3,(H,25,28)(H,26,29). The minimum atomic E-state index is -4.45. The first kappa shape index (κ1) is 21.8. The van der Waals surface area contributed by atoms with Gasteiger partial charge in [0.25, 0.3) is 11.5 Å². The van der Waals surface area contributed by atoms with Gasteiger partial charge in [0, 0.05) is 25.3 Å². The summed E-state index contributed by atoms with van der Waals surface area (Å²) in [5.41, 5.74) is 0.705. The van der Waals surface area contributed by atoms with Gasteiger partial charge in [-0.05, 0) is 59.3 Å². The third-order valence-electron chi connectivity index (χ3n) is 4.39. The van der Waals surface area contributed by atoms with E-state index in [2.05, 4.69) is 15.7 Å². The van der Waals surface area contributed by atoms with Crippen molar-refractivity contribution >= 4 is 17.2 Å². The summed E-state index contributed by atoms with van der Waals surface area (Å²) >= 11 is 1.62. The number of rotatable bonds is 7. The summed E-state index contributed by atoms with van der Waals surface area (Å²) in [5, 5.41) is 6.54. The Labute approximate surface area is 175 Å². The van der Waals surface area contributed by atoms with Gasteiger partial charge in [-0.2, -0.15) is 24.5 Å². The van der Waals surface area contributed by atoms with Gasteiger partial charge in [-0.15, -0.1) is 0 Å². The number of hydrogen-bond acceptors (Lipinski definition) is 4. The van der Waals surface area contributed by atoms with Crippen molar-refractivity contribution in [1.29, 1.82) is 0 Å². The van der Waals surface area contributed by atoms with E-state index in [0.29, 0.717) is 17.8 Å². The highest BCUT2D eigenvalue weighted by atomic mass is 32.1. The van der Waals surface area contributed by atoms with Gasteiger partial charge < -0.3 is 10.3 Å². The van der Waals surface area contributed by atoms with Crippen LogP contribution in [0.15, 0.2) is 58.0 Å². The lowest BCUT2D eigenvalue weighted by molar-refractivity contribution is -0.137. The molecule has 0 saturated heterocycles. The number of H-pyrrole nitrogens is 1. The number of nitrogens with zero attached hydrogens (tertiary/aromatic N) is 1. The highest BCUT2D eigenvalue weighted by Gasteiger charge is 2.30. The lowest BCUT2D eigenvalue weighted by atomic mass is 10.1. The van der Waals surface area contributed by atoms with Crippen LogP contribution in [-0.4, -0.2) is 22.8 Å². The number of carbonyl (C=O) groups is 1. The smallest absolute Gasteiger partial charge is 0.348 e. The molecule has 3 aromatic rings. The molecule has 3 rings (SSSR count). The lowest BCUT2D eigenvalue weighted by Crippen LogP contribution is -2.30. The van der Waals surface area contributed by atoms with Crippen molar-refractivity contribution in [2.45, 2.75) is 25.8 Å². The quantitative estimate of drug-likeness (QED) is 0.589. The molecule has 9 heteroatoms. The SMILES string of the molecule is CN(Cc1ccsc1)Cc1ccc(C(=O)NCc2cccc(C(F)(F)F)c2)c(=O)[nH]1. The van der Waals surface area contributed by atoms with Crippen molar-refractivity contribution in [2.24, 2.45) is 0 Å². The molecular formula is C21H20F3N3O2S. The molecule has 2 N–H and O–H groups in total. The Hall–Kier alpha value is -2.91. The molecule has 0 spiro atoms. The molecule has 0 radical (unpaired) electrons. The maximum atomic E-state index is 12.8. The molecule has 2 aromatic heterocycles. The number of thiophene rings is 1. The fourth-order valence-corrected chi connectivity index (χ4v) is 3.62. The van der Waals surface area contributed by atoms with Crippen LogP contribution in [0.2, 0.25) is 0 Å². The molecule has 1 amide bonds. The topological polar surface area (TPSA) is 65.2 Å². The van der Waals surface area contributed by atoms with Gasteiger partial charge in [0.2, 0.25) is 0 Å². The molecule has 0 unspecified atom stereocenters. The zero-order chi connectivity index (χ0) is 21.7. The van der Waals surface area contributed by atoms with E-state index in [-0.39, 0.29) is 12.1 Å². The number of nitrogens with one attached hydrogen (secondary N) is 2. The second-order valence-corrected chi connectivity index (χ2v) is 7.69. The molecule has 0 aliphatic heterocycles. The Morgan fingerprint density at radius 1 is 1.13 bits per heavy atom. The largest absolute Gasteiger partial charge is 0.416 e. The van der Waals surface area contributed by atoms with E-state index in [0.717, 1.165) is 18.7 Å². The molecule has 158 valence electrons. The number of alkyl halides is 3. The number of pyridine rings is 1. The summed E-state index contributed by atoms with van der Waals surface area (Å²) in [7, 11) is 1.92. The summed E-state index contributed by atoms with van der Waals surface area (Å²) in [5.74, 6) is -0.646. The molecule has 0 fully saturated rings. The highest BCUT2D eigenvalue weighted by molar-refractivity contribution is 7.07. The normalized spacial score (nSPS) is 11.6. The van der Waals surface area contributed by atoms with Gasteiger partial charge in [0.05, 0.1) is 5.56 Å². The van der Waals surface area contributed by atoms with Gasteiger partial charge in [0.15, 0.2) is 0 Å². The first-order valence-corrected chi connectivity index (χ1v) is 10.0. The molecule has 0 bridgehead atoms. The van der Waals surface area contributed by atoms with E-state index in [9.17, 15) is 22.8 Å². The van der Waals surface area contributed by atoms with Gasteiger partial charge in [-0.3, -0.25) is 14.5 Å². The molecule has 5 nitrogen and oxygen atoms in total. The van der Waals surface area contributed by atoms with Crippen LogP contribution in [0.25, 0.3) is 0 Å². The van der Waals surface area contributed by atoms with Crippen LogP contribution in [0.3, 0.4) is 0 Å². The fourth-order valence-electron chi connectivity index (χ4n) is 2.96. The van der Waals surface area contributed by atoms with E-state index in [1.807, 2.05) is 23.4 Å². The molecule has 30 heavy (non-hydrogen) atoms. The van der Waals surface area contributed by atoms with E-state index < -0.39 is 23.2 Å². The number of aromatic amines is 1. The van der Waals surface area contributed by atoms with Crippen LogP contribution >= 0.6 is 11.3 Å². The van der Waals surface area contributed by atoms with E-state index in [4.69, 9.17) is 0 Å². The monoisotopic (exact) mass is 435 g/mol. The van der Waals surface area contributed by atoms with Crippen molar-refractivity contribution in [3.05, 3.63) is 91.5 Å². The Morgan fingerprint density at radius 3 is 2.60 bits per heavy atom. The van der Waals surface area contributed by atoms with Crippen LogP contribution in [-0.2, 0) is 25.8 Å². The minimum absolute atomic E-state index is 0.0915. The molecule has 0 aliphatic rings. The summed E-state index contributed by atoms with van der Waals surface area (Å²) in [4.78, 5) is 29.3. The Balaban J connectivity index is 1.61. The zero-order valence-electron chi connectivity index (χ0n) is 16.1. The van der Waals surface area contributed by atoms with Crippen LogP contribution in [0.4, 0.5) is 13.2 Å². The maximum absolute atomic E-state index is 12.8. The predicted octanol–water partition coefficient (Wildman–Crippen LogP) is 4.02. The number of halogens is 3. The minimum Gasteiger partial charge on any atom is -0.348 e. The van der Waals surface area contributed by atoms with Gasteiger partial charge in [-0.25, -0.2) is 0 Å². The molecule has 0 saturated carbocycles. The van der Waals surface area contributed by atoms with Crippen molar-refractivity contribution in [3.8, 4) is 0 Å². The van der Waals surface area contributed by atoms with Crippen LogP contribution in [0.5, 0.6) is 0 Å². The predicted molar refractivity (Wildman–Crippen MR) is 109 cm³/mol. The van der Waals surface area contributed by atoms with Crippen molar-refractivity contribution in [2.75, 3.05) is 7.05 Å². The number of aromatic nitrogens is 1. The number of carbonyl (C=O) groups excluding carboxylic acids is 1. The third kappa shape index (κ3) is 5.80. The fraction of sp³-hybridized carbons (Fsp3) is 0.238. The van der Waals surface area contributed by atoms with Crippen LogP contribution in [0.1, 0.15) is 32.7 Å². The van der Waals surface area contributed by atoms with Gasteiger partial charge >= 0.3 is 6.18 Å². The van der Waals surface area contributed by atoms with Crippen LogP contribution in [0, 0.1) is 0 Å². The Kier molecular flexibility index (Phi) is 6.73. The van der Waals surface area contributed by atoms with Crippen LogP contribution < -0.4 is 10.9 Å². The molecule has 2 heterocycles. The first-order chi connectivity index (χ1) is 14.2. The number of benzene rings is 1. The van der Waals surface area contributed by atoms with E-state index in [1.54, 1.807) is 17.4 Å². The van der Waals surface area contributed by atoms with Crippen molar-refractivity contribution < 1.29 is 18.0 Å². The average Bonchev–Trinajstić information content (AvgIpc) is 3.18. The zero-order valence-corrected chi connectivity index (χ0v) is 16.9. The number of amides is 1. The molecule has 0 aliphatic carbocycles. The van der Waals surface area contributed by atoms with Gasteiger partial charge in [0.1, 0.15) is 5.56 Å². The first-order valence-electron chi connectivity index (χ1n) is 9.08. The highest BCUT2D eigenvalue weighted by Crippen LogP contribution is 2.29. The second kappa shape index (κ2) is 9.27. The Bertz CT molecular complexity index is 1060. The third-order valence-corrected chi connectivity index (χ3v) is 5.13. The molecule has 0 atom stereocenters. The summed E-state index contributed by atoms with van der Waals surface area (Å²) in [6, 6.07) is 9.80. The molecule has 1 aromatic carbocycles. The Morgan fingerprint density at radius 2 is 1.93 bits per heavy atom. The summed E-state index contributed by atoms with van der Waals surface area (Å²) in [6.45, 7) is 1.11. The number of hydrogen-bond donors (Lipinski definition) is 2. The van der Waals surface area contributed by atoms with Gasteiger partial charge in [-0.1, -0.05) is 12.1 Å². The summed E-state index contributed by atoms with van der Waals surface area (Å²) < 4.78 is 38.3. The second-order valence-electron chi connectivity index (χ2n) is 6.91. The maximum Gasteiger partial charge on any atom is 0.416 e. The molecular weight excluding hydrogens is 415 g/mol.